The number of nitrogens with zero attached hydrogens (tertiary/aromatic N) is 4. The van der Waals surface area contributed by atoms with Gasteiger partial charge in [-0.05, 0) is 6.42 Å². The molecule has 1 fully saturated rings. The molecule has 0 aromatic carbocycles. The number of anilines is 1. The Hall–Kier alpha value is -1.77. The molecule has 96 valence electrons. The Kier molecular flexibility index (Phi) is 2.44. The van der Waals surface area contributed by atoms with Gasteiger partial charge in [-0.1, -0.05) is 0 Å². The molecule has 2 atom stereocenters. The van der Waals surface area contributed by atoms with Crippen molar-refractivity contribution in [2.45, 2.75) is 24.9 Å². The van der Waals surface area contributed by atoms with Crippen LogP contribution >= 0.6 is 0 Å². The molecule has 0 radical (unpaired) electrons. The van der Waals surface area contributed by atoms with E-state index >= 15 is 0 Å². The Morgan fingerprint density at radius 3 is 3.06 bits per heavy atom. The molecule has 1 aliphatic heterocycles. The lowest BCUT2D eigenvalue weighted by atomic mass is 10.2. The number of ether oxygens (including phenoxy) is 1. The van der Waals surface area contributed by atoms with Gasteiger partial charge in [0.25, 0.3) is 5.91 Å². The van der Waals surface area contributed by atoms with Crippen LogP contribution in [0.4, 0.5) is 5.82 Å². The number of nitrogen functional groups attached to an aromatic ring is 1. The minimum Gasteiger partial charge on any atom is -0.394 e. The van der Waals surface area contributed by atoms with Gasteiger partial charge in [0.05, 0.1) is 12.7 Å². The van der Waals surface area contributed by atoms with Gasteiger partial charge in [0.1, 0.15) is 18.2 Å². The van der Waals surface area contributed by atoms with Crippen LogP contribution in [-0.4, -0.2) is 42.4 Å². The third-order valence-electron chi connectivity index (χ3n) is 3.09. The molecule has 1 unspecified atom stereocenters. The molecule has 18 heavy (non-hydrogen) atoms. The summed E-state index contributed by atoms with van der Waals surface area (Å²) >= 11 is 0. The highest BCUT2D eigenvalue weighted by Crippen LogP contribution is 2.34. The fraction of sp³-hybridized carbons (Fsp3) is 0.500. The van der Waals surface area contributed by atoms with E-state index in [9.17, 15) is 5.11 Å². The maximum Gasteiger partial charge on any atom is 0.255 e. The van der Waals surface area contributed by atoms with Gasteiger partial charge >= 0.3 is 0 Å². The van der Waals surface area contributed by atoms with E-state index in [1.807, 2.05) is 0 Å². The number of nitrogens with two attached hydrogens (primary N) is 1. The van der Waals surface area contributed by atoms with Crippen LogP contribution in [0.25, 0.3) is 11.2 Å². The normalized spacial score (nSPS) is 28.0. The van der Waals surface area contributed by atoms with Crippen LogP contribution in [0.3, 0.4) is 0 Å². The smallest absolute Gasteiger partial charge is 0.255 e. The summed E-state index contributed by atoms with van der Waals surface area (Å²) in [6.07, 6.45) is 3.25. The van der Waals surface area contributed by atoms with E-state index in [2.05, 4.69) is 15.0 Å². The zero-order chi connectivity index (χ0) is 12.8. The van der Waals surface area contributed by atoms with Crippen LogP contribution in [0, 0.1) is 0 Å². The van der Waals surface area contributed by atoms with Crippen molar-refractivity contribution in [3.05, 3.63) is 12.7 Å². The molecule has 2 aromatic rings. The van der Waals surface area contributed by atoms with Gasteiger partial charge in [0, 0.05) is 6.42 Å². The fourth-order valence-electron chi connectivity index (χ4n) is 2.15. The lowest BCUT2D eigenvalue weighted by Crippen LogP contribution is -2.33. The maximum atomic E-state index is 10.4. The Balaban J connectivity index is 2.07. The second kappa shape index (κ2) is 3.87. The number of hydrogen-bond acceptors (Lipinski definition) is 7. The van der Waals surface area contributed by atoms with Gasteiger partial charge in [-0.3, -0.25) is 4.57 Å². The van der Waals surface area contributed by atoms with E-state index in [1.54, 1.807) is 0 Å². The summed E-state index contributed by atoms with van der Waals surface area (Å²) in [6.45, 7) is -0.133. The van der Waals surface area contributed by atoms with Crippen LogP contribution in [-0.2, 0) is 10.6 Å². The second-order valence-corrected chi connectivity index (χ2v) is 4.25. The summed E-state index contributed by atoms with van der Waals surface area (Å²) in [4.78, 5) is 11.9. The SMILES string of the molecule is Nc1ncnc2c1ncn2C1(O)CC[C@@H](CO)O1. The van der Waals surface area contributed by atoms with E-state index in [4.69, 9.17) is 15.6 Å². The highest BCUT2D eigenvalue weighted by atomic mass is 16.7. The minimum absolute atomic E-state index is 0.133. The molecule has 0 aliphatic carbocycles. The van der Waals surface area contributed by atoms with E-state index in [1.165, 1.54) is 17.2 Å². The Morgan fingerprint density at radius 1 is 1.50 bits per heavy atom. The van der Waals surface area contributed by atoms with Crippen molar-refractivity contribution in [2.75, 3.05) is 12.3 Å². The summed E-state index contributed by atoms with van der Waals surface area (Å²) in [7, 11) is 0. The molecular formula is C10H13N5O3. The van der Waals surface area contributed by atoms with Crippen LogP contribution in [0.1, 0.15) is 12.8 Å². The van der Waals surface area contributed by atoms with Crippen LogP contribution in [0.5, 0.6) is 0 Å². The average molecular weight is 251 g/mol. The van der Waals surface area contributed by atoms with Crippen LogP contribution in [0.15, 0.2) is 12.7 Å². The third-order valence-corrected chi connectivity index (χ3v) is 3.09. The van der Waals surface area contributed by atoms with E-state index in [0.717, 1.165) is 0 Å². The predicted octanol–water partition coefficient (Wildman–Crippen LogP) is -0.818. The molecule has 2 aromatic heterocycles. The molecule has 3 rings (SSSR count). The maximum absolute atomic E-state index is 10.4. The molecule has 0 saturated carbocycles. The second-order valence-electron chi connectivity index (χ2n) is 4.25. The lowest BCUT2D eigenvalue weighted by Gasteiger charge is -2.24. The first-order valence-corrected chi connectivity index (χ1v) is 5.59. The third kappa shape index (κ3) is 1.54. The summed E-state index contributed by atoms with van der Waals surface area (Å²) < 4.78 is 6.83. The number of aromatic nitrogens is 4. The summed E-state index contributed by atoms with van der Waals surface area (Å²) in [5.41, 5.74) is 6.50. The first-order valence-electron chi connectivity index (χ1n) is 5.59. The molecule has 1 aliphatic rings. The van der Waals surface area contributed by atoms with Gasteiger partial charge in [0.2, 0.25) is 0 Å². The number of fused-ring (bicyclic) bond motifs is 1. The highest BCUT2D eigenvalue weighted by Gasteiger charge is 2.41. The van der Waals surface area contributed by atoms with Crippen molar-refractivity contribution in [3.8, 4) is 0 Å². The van der Waals surface area contributed by atoms with Crippen LogP contribution < -0.4 is 5.73 Å². The molecule has 0 bridgehead atoms. The van der Waals surface area contributed by atoms with Crippen molar-refractivity contribution in [1.82, 2.24) is 19.5 Å². The quantitative estimate of drug-likeness (QED) is 0.638. The molecule has 8 heteroatoms. The van der Waals surface area contributed by atoms with Gasteiger partial charge < -0.3 is 20.7 Å². The molecule has 8 nitrogen and oxygen atoms in total. The van der Waals surface area contributed by atoms with E-state index in [0.29, 0.717) is 24.0 Å². The highest BCUT2D eigenvalue weighted by molar-refractivity contribution is 5.81. The fourth-order valence-corrected chi connectivity index (χ4v) is 2.15. The molecule has 4 N–H and O–H groups in total. The monoisotopic (exact) mass is 251 g/mol. The largest absolute Gasteiger partial charge is 0.394 e. The van der Waals surface area contributed by atoms with Crippen molar-refractivity contribution < 1.29 is 14.9 Å². The van der Waals surface area contributed by atoms with Gasteiger partial charge in [-0.2, -0.15) is 0 Å². The van der Waals surface area contributed by atoms with Gasteiger partial charge in [-0.25, -0.2) is 15.0 Å². The van der Waals surface area contributed by atoms with Crippen molar-refractivity contribution in [2.24, 2.45) is 0 Å². The summed E-state index contributed by atoms with van der Waals surface area (Å²) in [5, 5.41) is 19.5. The zero-order valence-corrected chi connectivity index (χ0v) is 9.52. The number of imidazole rings is 1. The van der Waals surface area contributed by atoms with Crippen LogP contribution in [0.2, 0.25) is 0 Å². The van der Waals surface area contributed by atoms with Crippen molar-refractivity contribution in [3.63, 3.8) is 0 Å². The number of aliphatic hydroxyl groups is 2. The summed E-state index contributed by atoms with van der Waals surface area (Å²) in [6, 6.07) is 0. The lowest BCUT2D eigenvalue weighted by molar-refractivity contribution is -0.254. The Labute approximate surface area is 102 Å². The molecule has 1 saturated heterocycles. The Morgan fingerprint density at radius 2 is 2.33 bits per heavy atom. The standard InChI is InChI=1S/C10H13N5O3/c11-8-7-9(13-4-12-8)15(5-14-7)10(17)2-1-6(3-16)18-10/h4-6,16-17H,1-3H2,(H2,11,12,13)/t6-,10?/m0/s1. The van der Waals surface area contributed by atoms with Gasteiger partial charge in [0.15, 0.2) is 11.5 Å². The number of hydrogen-bond donors (Lipinski definition) is 3. The number of aliphatic hydroxyl groups excluding tert-OH is 1. The zero-order valence-electron chi connectivity index (χ0n) is 9.52. The first-order chi connectivity index (χ1) is 8.64. The predicted molar refractivity (Wildman–Crippen MR) is 61.1 cm³/mol. The molecular weight excluding hydrogens is 238 g/mol. The van der Waals surface area contributed by atoms with E-state index < -0.39 is 5.91 Å². The minimum atomic E-state index is -1.54. The van der Waals surface area contributed by atoms with Gasteiger partial charge in [-0.15, -0.1) is 0 Å². The van der Waals surface area contributed by atoms with E-state index in [-0.39, 0.29) is 18.5 Å². The molecule has 3 heterocycles. The topological polar surface area (TPSA) is 119 Å². The molecule has 0 amide bonds. The average Bonchev–Trinajstić information content (AvgIpc) is 2.94. The number of rotatable bonds is 2. The van der Waals surface area contributed by atoms with Crippen molar-refractivity contribution in [1.29, 1.82) is 0 Å². The summed E-state index contributed by atoms with van der Waals surface area (Å²) in [5.74, 6) is -1.29. The molecule has 0 spiro atoms. The van der Waals surface area contributed by atoms with Crippen molar-refractivity contribution >= 4 is 17.0 Å². The first kappa shape index (κ1) is 11.3. The Bertz CT molecular complexity index is 586.